The molecule has 0 radical (unpaired) electrons. The highest BCUT2D eigenvalue weighted by molar-refractivity contribution is 7.99. The average Bonchev–Trinajstić information content (AvgIpc) is 2.77. The van der Waals surface area contributed by atoms with Gasteiger partial charge in [-0.25, -0.2) is 0 Å². The number of rotatable bonds is 7. The fourth-order valence-electron chi connectivity index (χ4n) is 5.07. The van der Waals surface area contributed by atoms with Crippen LogP contribution in [0.1, 0.15) is 48.2 Å². The number of thioether (sulfide) groups is 1. The van der Waals surface area contributed by atoms with E-state index in [2.05, 4.69) is 72.3 Å². The summed E-state index contributed by atoms with van der Waals surface area (Å²) in [6.07, 6.45) is 2.34. The predicted molar refractivity (Wildman–Crippen MR) is 136 cm³/mol. The second kappa shape index (κ2) is 10.8. The molecule has 4 rings (SSSR count). The molecule has 1 saturated heterocycles. The van der Waals surface area contributed by atoms with Crippen molar-refractivity contribution in [3.63, 3.8) is 0 Å². The van der Waals surface area contributed by atoms with Gasteiger partial charge < -0.3 is 15.1 Å². The average molecular weight is 452 g/mol. The first kappa shape index (κ1) is 23.2. The Morgan fingerprint density at radius 2 is 1.84 bits per heavy atom. The zero-order valence-electron chi connectivity index (χ0n) is 19.8. The Labute approximate surface area is 197 Å². The number of hydrogen-bond acceptors (Lipinski definition) is 4. The van der Waals surface area contributed by atoms with Crippen LogP contribution in [0, 0.1) is 18.8 Å². The summed E-state index contributed by atoms with van der Waals surface area (Å²) in [7, 11) is 0. The minimum Gasteiger partial charge on any atom is -0.365 e. The van der Waals surface area contributed by atoms with Crippen molar-refractivity contribution >= 4 is 23.4 Å². The summed E-state index contributed by atoms with van der Waals surface area (Å²) in [4.78, 5) is 19.1. The number of benzene rings is 2. The summed E-state index contributed by atoms with van der Waals surface area (Å²) in [5.74, 6) is 2.69. The summed E-state index contributed by atoms with van der Waals surface area (Å²) < 4.78 is 0. The topological polar surface area (TPSA) is 35.6 Å². The third-order valence-corrected chi connectivity index (χ3v) is 7.60. The molecule has 2 unspecified atom stereocenters. The third-order valence-electron chi connectivity index (χ3n) is 6.56. The highest BCUT2D eigenvalue weighted by Crippen LogP contribution is 2.36. The van der Waals surface area contributed by atoms with Crippen molar-refractivity contribution in [2.75, 3.05) is 43.4 Å². The number of likely N-dealkylation sites (tertiary alicyclic amines) is 1. The van der Waals surface area contributed by atoms with Crippen LogP contribution in [0.4, 0.5) is 5.69 Å². The van der Waals surface area contributed by atoms with Crippen LogP contribution in [0.3, 0.4) is 0 Å². The number of amides is 1. The molecule has 0 spiro atoms. The Morgan fingerprint density at radius 1 is 1.09 bits per heavy atom. The zero-order valence-corrected chi connectivity index (χ0v) is 20.6. The first-order valence-corrected chi connectivity index (χ1v) is 13.0. The summed E-state index contributed by atoms with van der Waals surface area (Å²) >= 11 is 1.88. The number of hydrogen-bond donors (Lipinski definition) is 1. The molecule has 0 bridgehead atoms. The van der Waals surface area contributed by atoms with Gasteiger partial charge in [0.25, 0.3) is 5.91 Å². The quantitative estimate of drug-likeness (QED) is 0.587. The maximum atomic E-state index is 12.8. The van der Waals surface area contributed by atoms with Gasteiger partial charge >= 0.3 is 0 Å². The van der Waals surface area contributed by atoms with E-state index in [-0.39, 0.29) is 5.91 Å². The van der Waals surface area contributed by atoms with Crippen molar-refractivity contribution in [2.24, 2.45) is 11.8 Å². The minimum atomic E-state index is 0.0408. The maximum absolute atomic E-state index is 12.8. The zero-order chi connectivity index (χ0) is 22.5. The Morgan fingerprint density at radius 3 is 2.59 bits per heavy atom. The molecule has 2 aliphatic rings. The monoisotopic (exact) mass is 451 g/mol. The Balaban J connectivity index is 1.33. The lowest BCUT2D eigenvalue weighted by molar-refractivity contribution is 0.0947. The standard InChI is InChI=1S/C27H37N3OS/c1-20-5-7-23(8-6-20)19-30-13-14-32-26-10-9-24(16-25(26)30)27(31)28-11-4-12-29-17-21(2)15-22(3)18-29/h5-10,16,21-22H,4,11-15,17-19H2,1-3H3,(H,28,31). The van der Waals surface area contributed by atoms with Crippen LogP contribution in [-0.2, 0) is 6.54 Å². The SMILES string of the molecule is Cc1ccc(CN2CCSc3ccc(C(=O)NCCCN4CC(C)CC(C)C4)cc32)cc1. The summed E-state index contributed by atoms with van der Waals surface area (Å²) in [6.45, 7) is 12.9. The molecule has 4 nitrogen and oxygen atoms in total. The van der Waals surface area contributed by atoms with Crippen LogP contribution in [0.15, 0.2) is 47.4 Å². The lowest BCUT2D eigenvalue weighted by atomic mass is 9.92. The van der Waals surface area contributed by atoms with Gasteiger partial charge in [-0.2, -0.15) is 0 Å². The highest BCUT2D eigenvalue weighted by atomic mass is 32.2. The van der Waals surface area contributed by atoms with Crippen LogP contribution < -0.4 is 10.2 Å². The molecule has 5 heteroatoms. The van der Waals surface area contributed by atoms with E-state index in [4.69, 9.17) is 0 Å². The number of aryl methyl sites for hydroxylation is 1. The van der Waals surface area contributed by atoms with E-state index in [0.29, 0.717) is 0 Å². The molecule has 1 fully saturated rings. The fourth-order valence-corrected chi connectivity index (χ4v) is 6.11. The number of piperidine rings is 1. The van der Waals surface area contributed by atoms with E-state index in [9.17, 15) is 4.79 Å². The molecule has 2 heterocycles. The third kappa shape index (κ3) is 6.08. The lowest BCUT2D eigenvalue weighted by Gasteiger charge is -2.34. The van der Waals surface area contributed by atoms with Gasteiger partial charge in [-0.1, -0.05) is 43.7 Å². The van der Waals surface area contributed by atoms with Crippen LogP contribution >= 0.6 is 11.8 Å². The van der Waals surface area contributed by atoms with Crippen molar-refractivity contribution in [3.8, 4) is 0 Å². The second-order valence-corrected chi connectivity index (χ2v) is 10.9. The number of nitrogens with zero attached hydrogens (tertiary/aromatic N) is 2. The number of anilines is 1. The van der Waals surface area contributed by atoms with E-state index >= 15 is 0 Å². The maximum Gasteiger partial charge on any atom is 0.251 e. The molecule has 1 amide bonds. The van der Waals surface area contributed by atoms with Gasteiger partial charge in [-0.05, 0) is 61.9 Å². The normalized spacial score (nSPS) is 21.3. The highest BCUT2D eigenvalue weighted by Gasteiger charge is 2.22. The van der Waals surface area contributed by atoms with Gasteiger partial charge in [-0.15, -0.1) is 11.8 Å². The fraction of sp³-hybridized carbons (Fsp3) is 0.519. The minimum absolute atomic E-state index is 0.0408. The molecule has 1 N–H and O–H groups in total. The molecule has 0 aliphatic carbocycles. The van der Waals surface area contributed by atoms with E-state index in [1.165, 1.54) is 41.2 Å². The summed E-state index contributed by atoms with van der Waals surface area (Å²) in [6, 6.07) is 14.9. The second-order valence-electron chi connectivity index (χ2n) is 9.75. The molecule has 0 aromatic heterocycles. The van der Waals surface area contributed by atoms with E-state index in [0.717, 1.165) is 55.8 Å². The van der Waals surface area contributed by atoms with Crippen molar-refractivity contribution < 1.29 is 4.79 Å². The summed E-state index contributed by atoms with van der Waals surface area (Å²) in [5.41, 5.74) is 4.54. The molecule has 2 aromatic carbocycles. The number of nitrogens with one attached hydrogen (secondary N) is 1. The number of carbonyl (C=O) groups excluding carboxylic acids is 1. The molecule has 172 valence electrons. The lowest BCUT2D eigenvalue weighted by Crippen LogP contribution is -2.40. The van der Waals surface area contributed by atoms with Gasteiger partial charge in [0.1, 0.15) is 0 Å². The first-order chi connectivity index (χ1) is 15.5. The van der Waals surface area contributed by atoms with Crippen molar-refractivity contribution in [1.82, 2.24) is 10.2 Å². The van der Waals surface area contributed by atoms with Crippen molar-refractivity contribution in [3.05, 3.63) is 59.2 Å². The molecule has 2 aromatic rings. The Hall–Kier alpha value is -1.98. The van der Waals surface area contributed by atoms with Crippen LogP contribution in [-0.4, -0.2) is 49.3 Å². The molecule has 2 atom stereocenters. The van der Waals surface area contributed by atoms with Gasteiger partial charge in [-0.3, -0.25) is 4.79 Å². The van der Waals surface area contributed by atoms with Crippen LogP contribution in [0.2, 0.25) is 0 Å². The molecular formula is C27H37N3OS. The van der Waals surface area contributed by atoms with Crippen LogP contribution in [0.25, 0.3) is 0 Å². The Bertz CT molecular complexity index is 904. The molecule has 0 saturated carbocycles. The first-order valence-electron chi connectivity index (χ1n) is 12.1. The molecule has 32 heavy (non-hydrogen) atoms. The number of fused-ring (bicyclic) bond motifs is 1. The van der Waals surface area contributed by atoms with E-state index in [1.54, 1.807) is 0 Å². The van der Waals surface area contributed by atoms with Gasteiger partial charge in [0, 0.05) is 48.9 Å². The largest absolute Gasteiger partial charge is 0.365 e. The molecule has 2 aliphatic heterocycles. The number of carbonyl (C=O) groups is 1. The van der Waals surface area contributed by atoms with E-state index in [1.807, 2.05) is 17.8 Å². The van der Waals surface area contributed by atoms with Crippen molar-refractivity contribution in [2.45, 2.75) is 45.1 Å². The van der Waals surface area contributed by atoms with Gasteiger partial charge in [0.2, 0.25) is 0 Å². The predicted octanol–water partition coefficient (Wildman–Crippen LogP) is 5.21. The van der Waals surface area contributed by atoms with Gasteiger partial charge in [0.15, 0.2) is 0 Å². The summed E-state index contributed by atoms with van der Waals surface area (Å²) in [5, 5.41) is 3.15. The van der Waals surface area contributed by atoms with Gasteiger partial charge in [0.05, 0.1) is 5.69 Å². The molecular weight excluding hydrogens is 414 g/mol. The van der Waals surface area contributed by atoms with Crippen LogP contribution in [0.5, 0.6) is 0 Å². The Kier molecular flexibility index (Phi) is 7.80. The van der Waals surface area contributed by atoms with E-state index < -0.39 is 0 Å². The van der Waals surface area contributed by atoms with Crippen molar-refractivity contribution in [1.29, 1.82) is 0 Å². The smallest absolute Gasteiger partial charge is 0.251 e.